The van der Waals surface area contributed by atoms with Crippen molar-refractivity contribution in [1.29, 1.82) is 0 Å². The van der Waals surface area contributed by atoms with Crippen LogP contribution in [-0.4, -0.2) is 38.0 Å². The maximum Gasteiger partial charge on any atom is 0.294 e. The summed E-state index contributed by atoms with van der Waals surface area (Å²) in [5.74, 6) is 0. The van der Waals surface area contributed by atoms with Crippen LogP contribution in [0.4, 0.5) is 0 Å². The SMILES string of the molecule is Cc1ccc(S(=O)(=O)O)cc1.N[C@@H]1CC[C@H]2CO[C@@H]1O2. The van der Waals surface area contributed by atoms with Crippen molar-refractivity contribution in [3.05, 3.63) is 29.8 Å². The summed E-state index contributed by atoms with van der Waals surface area (Å²) in [5.41, 5.74) is 6.62. The fraction of sp³-hybridized carbons (Fsp3) is 0.538. The van der Waals surface area contributed by atoms with Gasteiger partial charge in [0, 0.05) is 0 Å². The summed E-state index contributed by atoms with van der Waals surface area (Å²) in [6.07, 6.45) is 2.37. The molecule has 2 fully saturated rings. The van der Waals surface area contributed by atoms with Crippen LogP contribution in [0.1, 0.15) is 18.4 Å². The molecule has 2 aliphatic heterocycles. The second-order valence-electron chi connectivity index (χ2n) is 4.99. The topological polar surface area (TPSA) is 98.9 Å². The minimum absolute atomic E-state index is 0.0666. The van der Waals surface area contributed by atoms with E-state index in [1.165, 1.54) is 12.1 Å². The largest absolute Gasteiger partial charge is 0.348 e. The Morgan fingerprint density at radius 1 is 1.25 bits per heavy atom. The molecular formula is C13H19NO5S. The van der Waals surface area contributed by atoms with Gasteiger partial charge in [-0.25, -0.2) is 0 Å². The van der Waals surface area contributed by atoms with Crippen LogP contribution >= 0.6 is 0 Å². The number of fused-ring (bicyclic) bond motifs is 2. The highest BCUT2D eigenvalue weighted by Crippen LogP contribution is 2.25. The molecule has 0 radical (unpaired) electrons. The zero-order chi connectivity index (χ0) is 14.8. The molecule has 2 heterocycles. The van der Waals surface area contributed by atoms with Crippen molar-refractivity contribution in [2.24, 2.45) is 5.73 Å². The molecule has 1 aromatic carbocycles. The molecule has 6 nitrogen and oxygen atoms in total. The molecule has 0 amide bonds. The van der Waals surface area contributed by atoms with Gasteiger partial charge < -0.3 is 15.2 Å². The van der Waals surface area contributed by atoms with Gasteiger partial charge in [0.25, 0.3) is 10.1 Å². The van der Waals surface area contributed by atoms with E-state index < -0.39 is 10.1 Å². The van der Waals surface area contributed by atoms with E-state index in [-0.39, 0.29) is 17.2 Å². The van der Waals surface area contributed by atoms with Crippen molar-refractivity contribution in [3.63, 3.8) is 0 Å². The predicted octanol–water partition coefficient (Wildman–Crippen LogP) is 1.09. The molecule has 0 unspecified atom stereocenters. The predicted molar refractivity (Wildman–Crippen MR) is 72.8 cm³/mol. The third-order valence-corrected chi connectivity index (χ3v) is 4.13. The summed E-state index contributed by atoms with van der Waals surface area (Å²) in [6, 6.07) is 6.10. The summed E-state index contributed by atoms with van der Waals surface area (Å²) in [6.45, 7) is 2.59. The van der Waals surface area contributed by atoms with E-state index in [9.17, 15) is 8.42 Å². The number of hydrogen-bond acceptors (Lipinski definition) is 5. The van der Waals surface area contributed by atoms with Crippen LogP contribution in [0.15, 0.2) is 29.2 Å². The van der Waals surface area contributed by atoms with Crippen molar-refractivity contribution in [1.82, 2.24) is 0 Å². The molecule has 7 heteroatoms. The van der Waals surface area contributed by atoms with Gasteiger partial charge in [-0.15, -0.1) is 0 Å². The Morgan fingerprint density at radius 2 is 1.90 bits per heavy atom. The highest BCUT2D eigenvalue weighted by atomic mass is 32.2. The monoisotopic (exact) mass is 301 g/mol. The second-order valence-corrected chi connectivity index (χ2v) is 6.41. The normalized spacial score (nSPS) is 28.6. The molecule has 2 saturated heterocycles. The van der Waals surface area contributed by atoms with E-state index in [0.717, 1.165) is 25.0 Å². The Balaban J connectivity index is 0.000000149. The maximum absolute atomic E-state index is 10.5. The molecular weight excluding hydrogens is 282 g/mol. The molecule has 2 aliphatic rings. The van der Waals surface area contributed by atoms with Gasteiger partial charge in [0.2, 0.25) is 0 Å². The molecule has 2 bridgehead atoms. The number of rotatable bonds is 1. The average molecular weight is 301 g/mol. The van der Waals surface area contributed by atoms with Gasteiger partial charge in [-0.1, -0.05) is 17.7 Å². The zero-order valence-electron chi connectivity index (χ0n) is 11.2. The second kappa shape index (κ2) is 6.19. The van der Waals surface area contributed by atoms with E-state index in [1.807, 2.05) is 6.92 Å². The van der Waals surface area contributed by atoms with Crippen LogP contribution in [0.3, 0.4) is 0 Å². The van der Waals surface area contributed by atoms with Gasteiger partial charge in [0.05, 0.1) is 23.6 Å². The molecule has 3 rings (SSSR count). The van der Waals surface area contributed by atoms with Crippen LogP contribution in [0.25, 0.3) is 0 Å². The first kappa shape index (κ1) is 15.4. The first-order valence-electron chi connectivity index (χ1n) is 6.43. The Bertz CT molecular complexity index is 542. The molecule has 1 aromatic rings. The Labute approximate surface area is 118 Å². The number of ether oxygens (including phenoxy) is 2. The zero-order valence-corrected chi connectivity index (χ0v) is 12.0. The van der Waals surface area contributed by atoms with Crippen LogP contribution in [0.5, 0.6) is 0 Å². The molecule has 3 atom stereocenters. The van der Waals surface area contributed by atoms with Gasteiger partial charge >= 0.3 is 0 Å². The highest BCUT2D eigenvalue weighted by molar-refractivity contribution is 7.85. The summed E-state index contributed by atoms with van der Waals surface area (Å²) >= 11 is 0. The maximum atomic E-state index is 10.5. The number of nitrogens with two attached hydrogens (primary N) is 1. The van der Waals surface area contributed by atoms with E-state index in [4.69, 9.17) is 19.8 Å². The first-order chi connectivity index (χ1) is 9.36. The molecule has 20 heavy (non-hydrogen) atoms. The van der Waals surface area contributed by atoms with Gasteiger partial charge in [0.15, 0.2) is 6.29 Å². The quantitative estimate of drug-likeness (QED) is 0.753. The van der Waals surface area contributed by atoms with Crippen LogP contribution in [0, 0.1) is 6.92 Å². The van der Waals surface area contributed by atoms with Gasteiger partial charge in [-0.3, -0.25) is 4.55 Å². The highest BCUT2D eigenvalue weighted by Gasteiger charge is 2.35. The lowest BCUT2D eigenvalue weighted by Gasteiger charge is -2.23. The Kier molecular flexibility index (Phi) is 4.77. The lowest BCUT2D eigenvalue weighted by Crippen LogP contribution is -2.39. The standard InChI is InChI=1S/C7H8O3S.C6H11NO2/c1-6-2-4-7(5-3-6)11(8,9)10;7-5-2-1-4-3-8-6(5)9-4/h2-5H,1H3,(H,8,9,10);4-6H,1-3,7H2/t;4-,5+,6+/m.0/s1. The number of aryl methyl sites for hydroxylation is 1. The molecule has 3 N–H and O–H groups in total. The summed E-state index contributed by atoms with van der Waals surface area (Å²) in [5, 5.41) is 0. The molecule has 0 saturated carbocycles. The van der Waals surface area contributed by atoms with E-state index in [0.29, 0.717) is 6.10 Å². The molecule has 0 aliphatic carbocycles. The van der Waals surface area contributed by atoms with Crippen molar-refractivity contribution in [3.8, 4) is 0 Å². The van der Waals surface area contributed by atoms with Crippen LogP contribution < -0.4 is 5.73 Å². The number of benzene rings is 1. The van der Waals surface area contributed by atoms with Gasteiger partial charge in [-0.2, -0.15) is 8.42 Å². The minimum Gasteiger partial charge on any atom is -0.348 e. The Hall–Kier alpha value is -0.990. The number of hydrogen-bond donors (Lipinski definition) is 2. The van der Waals surface area contributed by atoms with Gasteiger partial charge in [-0.05, 0) is 31.9 Å². The molecule has 112 valence electrons. The average Bonchev–Trinajstić information content (AvgIpc) is 2.78. The third-order valence-electron chi connectivity index (χ3n) is 3.26. The molecule has 0 aromatic heterocycles. The summed E-state index contributed by atoms with van der Waals surface area (Å²) in [4.78, 5) is -0.0666. The van der Waals surface area contributed by atoms with Crippen molar-refractivity contribution in [2.75, 3.05) is 6.61 Å². The fourth-order valence-corrected chi connectivity index (χ4v) is 2.55. The fourth-order valence-electron chi connectivity index (χ4n) is 2.07. The lowest BCUT2D eigenvalue weighted by molar-refractivity contribution is -0.0942. The van der Waals surface area contributed by atoms with Crippen molar-refractivity contribution in [2.45, 2.75) is 43.1 Å². The van der Waals surface area contributed by atoms with Crippen LogP contribution in [0.2, 0.25) is 0 Å². The van der Waals surface area contributed by atoms with E-state index >= 15 is 0 Å². The smallest absolute Gasteiger partial charge is 0.294 e. The minimum atomic E-state index is -4.02. The summed E-state index contributed by atoms with van der Waals surface area (Å²) < 4.78 is 40.2. The Morgan fingerprint density at radius 3 is 2.45 bits per heavy atom. The first-order valence-corrected chi connectivity index (χ1v) is 7.87. The van der Waals surface area contributed by atoms with Gasteiger partial charge in [0.1, 0.15) is 0 Å². The van der Waals surface area contributed by atoms with E-state index in [1.54, 1.807) is 12.1 Å². The van der Waals surface area contributed by atoms with Crippen LogP contribution in [-0.2, 0) is 19.6 Å². The lowest BCUT2D eigenvalue weighted by atomic mass is 10.1. The summed E-state index contributed by atoms with van der Waals surface area (Å²) in [7, 11) is -4.02. The van der Waals surface area contributed by atoms with Crippen molar-refractivity contribution >= 4 is 10.1 Å². The van der Waals surface area contributed by atoms with E-state index in [2.05, 4.69) is 0 Å². The third kappa shape index (κ3) is 4.00. The molecule has 0 spiro atoms. The van der Waals surface area contributed by atoms with Crippen molar-refractivity contribution < 1.29 is 22.4 Å².